The van der Waals surface area contributed by atoms with Crippen molar-refractivity contribution in [2.24, 2.45) is 0 Å². The van der Waals surface area contributed by atoms with Crippen LogP contribution in [0.5, 0.6) is 0 Å². The van der Waals surface area contributed by atoms with Gasteiger partial charge in [0, 0.05) is 5.56 Å². The highest BCUT2D eigenvalue weighted by Gasteiger charge is 2.48. The minimum absolute atomic E-state index is 0.428. The summed E-state index contributed by atoms with van der Waals surface area (Å²) < 4.78 is 36.8. The van der Waals surface area contributed by atoms with Crippen molar-refractivity contribution >= 4 is 14.5 Å². The molecule has 0 aliphatic heterocycles. The van der Waals surface area contributed by atoms with Crippen LogP contribution in [-0.2, 0) is 0 Å². The summed E-state index contributed by atoms with van der Waals surface area (Å²) >= 11 is 0. The minimum atomic E-state index is -4.75. The van der Waals surface area contributed by atoms with Gasteiger partial charge in [0.05, 0.1) is 0 Å². The van der Waals surface area contributed by atoms with Crippen molar-refractivity contribution in [3.8, 4) is 11.8 Å². The largest absolute Gasteiger partial charge is 0.428 e. The van der Waals surface area contributed by atoms with Crippen LogP contribution in [0.2, 0.25) is 0 Å². The van der Waals surface area contributed by atoms with Crippen LogP contribution >= 0.6 is 9.24 Å². The van der Waals surface area contributed by atoms with Gasteiger partial charge in [0.2, 0.25) is 5.60 Å². The van der Waals surface area contributed by atoms with E-state index in [9.17, 15) is 13.2 Å². The van der Waals surface area contributed by atoms with Crippen molar-refractivity contribution in [3.05, 3.63) is 29.8 Å². The minimum Gasteiger partial charge on any atom is -0.370 e. The lowest BCUT2D eigenvalue weighted by atomic mass is 10.1. The highest BCUT2D eigenvalue weighted by atomic mass is 31.0. The maximum atomic E-state index is 12.3. The molecular formula is C11H10F3OP. The first-order chi connectivity index (χ1) is 7.22. The lowest BCUT2D eigenvalue weighted by Gasteiger charge is -2.19. The standard InChI is InChI=1S/C11H10F3OP/c1-10(15,11(12,13)14)6-5-8-3-2-4-9(16)7-8/h2-4,7,15H,16H2,1H3. The normalized spacial score (nSPS) is 14.9. The van der Waals surface area contributed by atoms with Crippen LogP contribution in [0.4, 0.5) is 13.2 Å². The van der Waals surface area contributed by atoms with Crippen LogP contribution in [0.25, 0.3) is 0 Å². The molecule has 1 aromatic rings. The molecule has 1 nitrogen and oxygen atoms in total. The highest BCUT2D eigenvalue weighted by Crippen LogP contribution is 2.29. The van der Waals surface area contributed by atoms with Gasteiger partial charge in [-0.2, -0.15) is 13.2 Å². The van der Waals surface area contributed by atoms with Crippen molar-refractivity contribution in [2.45, 2.75) is 18.7 Å². The van der Waals surface area contributed by atoms with Gasteiger partial charge in [0.25, 0.3) is 0 Å². The van der Waals surface area contributed by atoms with Crippen LogP contribution in [0.15, 0.2) is 24.3 Å². The van der Waals surface area contributed by atoms with E-state index in [0.717, 1.165) is 5.30 Å². The molecule has 0 amide bonds. The Hall–Kier alpha value is -1.04. The van der Waals surface area contributed by atoms with Gasteiger partial charge < -0.3 is 5.11 Å². The van der Waals surface area contributed by atoms with Gasteiger partial charge in [-0.05, 0) is 24.4 Å². The Labute approximate surface area is 93.9 Å². The van der Waals surface area contributed by atoms with Gasteiger partial charge in [-0.3, -0.25) is 0 Å². The monoisotopic (exact) mass is 246 g/mol. The second-order valence-electron chi connectivity index (χ2n) is 3.45. The van der Waals surface area contributed by atoms with Gasteiger partial charge in [0.15, 0.2) is 0 Å². The summed E-state index contributed by atoms with van der Waals surface area (Å²) in [5.74, 6) is 4.11. The zero-order valence-electron chi connectivity index (χ0n) is 8.47. The fourth-order valence-corrected chi connectivity index (χ4v) is 1.17. The smallest absolute Gasteiger partial charge is 0.370 e. The van der Waals surface area contributed by atoms with Crippen molar-refractivity contribution in [3.63, 3.8) is 0 Å². The van der Waals surface area contributed by atoms with E-state index >= 15 is 0 Å². The Morgan fingerprint density at radius 3 is 2.44 bits per heavy atom. The van der Waals surface area contributed by atoms with Crippen LogP contribution in [-0.4, -0.2) is 16.9 Å². The van der Waals surface area contributed by atoms with Crippen molar-refractivity contribution in [1.82, 2.24) is 0 Å². The van der Waals surface area contributed by atoms with Crippen LogP contribution < -0.4 is 5.30 Å². The van der Waals surface area contributed by atoms with Gasteiger partial charge >= 0.3 is 6.18 Å². The molecule has 0 aromatic heterocycles. The number of alkyl halides is 3. The average molecular weight is 246 g/mol. The molecule has 0 saturated heterocycles. The molecule has 0 aliphatic carbocycles. The average Bonchev–Trinajstić information content (AvgIpc) is 2.13. The first-order valence-electron chi connectivity index (χ1n) is 4.40. The van der Waals surface area contributed by atoms with Crippen molar-refractivity contribution in [1.29, 1.82) is 0 Å². The SMILES string of the molecule is CC(O)(C#Cc1cccc(P)c1)C(F)(F)F. The molecular weight excluding hydrogens is 236 g/mol. The summed E-state index contributed by atoms with van der Waals surface area (Å²) in [6.45, 7) is 0.630. The van der Waals surface area contributed by atoms with E-state index in [1.807, 2.05) is 5.92 Å². The quantitative estimate of drug-likeness (QED) is 0.547. The van der Waals surface area contributed by atoms with Gasteiger partial charge in [0.1, 0.15) is 0 Å². The van der Waals surface area contributed by atoms with E-state index < -0.39 is 11.8 Å². The molecule has 16 heavy (non-hydrogen) atoms. The molecule has 0 spiro atoms. The predicted octanol–water partition coefficient (Wildman–Crippen LogP) is 1.85. The Balaban J connectivity index is 2.99. The summed E-state index contributed by atoms with van der Waals surface area (Å²) in [6.07, 6.45) is -4.75. The fourth-order valence-electron chi connectivity index (χ4n) is 0.881. The number of rotatable bonds is 0. The molecule has 0 bridgehead atoms. The molecule has 2 unspecified atom stereocenters. The molecule has 0 saturated carbocycles. The Morgan fingerprint density at radius 2 is 1.94 bits per heavy atom. The van der Waals surface area contributed by atoms with Crippen molar-refractivity contribution in [2.75, 3.05) is 0 Å². The summed E-state index contributed by atoms with van der Waals surface area (Å²) in [7, 11) is 2.42. The van der Waals surface area contributed by atoms with E-state index in [4.69, 9.17) is 5.11 Å². The lowest BCUT2D eigenvalue weighted by molar-refractivity contribution is -0.228. The molecule has 0 fully saturated rings. The number of aliphatic hydroxyl groups is 1. The Morgan fingerprint density at radius 1 is 1.31 bits per heavy atom. The second kappa shape index (κ2) is 4.45. The van der Waals surface area contributed by atoms with E-state index in [0.29, 0.717) is 12.5 Å². The van der Waals surface area contributed by atoms with Gasteiger partial charge in [-0.25, -0.2) is 0 Å². The predicted molar refractivity (Wildman–Crippen MR) is 59.3 cm³/mol. The van der Waals surface area contributed by atoms with E-state index in [1.165, 1.54) is 0 Å². The zero-order valence-corrected chi connectivity index (χ0v) is 9.62. The summed E-state index contributed by atoms with van der Waals surface area (Å²) in [5.41, 5.74) is -2.55. The third-order valence-electron chi connectivity index (χ3n) is 1.89. The highest BCUT2D eigenvalue weighted by molar-refractivity contribution is 7.27. The van der Waals surface area contributed by atoms with E-state index in [2.05, 4.69) is 15.2 Å². The molecule has 2 atom stereocenters. The third-order valence-corrected chi connectivity index (χ3v) is 2.25. The first kappa shape index (κ1) is 13.0. The zero-order chi connectivity index (χ0) is 12.4. The van der Waals surface area contributed by atoms with Crippen molar-refractivity contribution < 1.29 is 18.3 Å². The lowest BCUT2D eigenvalue weighted by Crippen LogP contribution is -2.40. The maximum Gasteiger partial charge on any atom is 0.428 e. The van der Waals surface area contributed by atoms with Crippen LogP contribution in [0, 0.1) is 11.8 Å². The van der Waals surface area contributed by atoms with Gasteiger partial charge in [-0.1, -0.05) is 24.0 Å². The molecule has 5 heteroatoms. The number of hydrogen-bond acceptors (Lipinski definition) is 1. The number of benzene rings is 1. The Bertz CT molecular complexity index is 441. The fraction of sp³-hybridized carbons (Fsp3) is 0.273. The first-order valence-corrected chi connectivity index (χ1v) is 4.98. The molecule has 0 radical (unpaired) electrons. The summed E-state index contributed by atoms with van der Waals surface area (Å²) in [5, 5.41) is 9.90. The number of hydrogen-bond donors (Lipinski definition) is 1. The topological polar surface area (TPSA) is 20.2 Å². The Kier molecular flexibility index (Phi) is 3.62. The van der Waals surface area contributed by atoms with Crippen LogP contribution in [0.3, 0.4) is 0 Å². The number of halogens is 3. The molecule has 86 valence electrons. The third kappa shape index (κ3) is 3.23. The van der Waals surface area contributed by atoms with E-state index in [-0.39, 0.29) is 0 Å². The second-order valence-corrected chi connectivity index (χ2v) is 4.11. The maximum absolute atomic E-state index is 12.3. The molecule has 1 N–H and O–H groups in total. The van der Waals surface area contributed by atoms with Crippen LogP contribution in [0.1, 0.15) is 12.5 Å². The molecule has 0 aliphatic rings. The van der Waals surface area contributed by atoms with Gasteiger partial charge in [-0.15, -0.1) is 9.24 Å². The molecule has 1 aromatic carbocycles. The summed E-state index contributed by atoms with van der Waals surface area (Å²) in [4.78, 5) is 0. The summed E-state index contributed by atoms with van der Waals surface area (Å²) in [6, 6.07) is 6.64. The molecule has 0 heterocycles. The molecule has 1 rings (SSSR count). The van der Waals surface area contributed by atoms with E-state index in [1.54, 1.807) is 24.3 Å².